The normalized spacial score (nSPS) is 13.7. The highest BCUT2D eigenvalue weighted by Gasteiger charge is 2.26. The molecule has 2 aromatic heterocycles. The molecule has 1 unspecified atom stereocenters. The fourth-order valence-electron chi connectivity index (χ4n) is 1.79. The molecule has 0 saturated carbocycles. The van der Waals surface area contributed by atoms with Gasteiger partial charge in [0, 0.05) is 25.0 Å². The number of alkyl halides is 3. The van der Waals surface area contributed by atoms with Gasteiger partial charge in [-0.1, -0.05) is 6.07 Å². The minimum absolute atomic E-state index is 0.0954. The van der Waals surface area contributed by atoms with Crippen molar-refractivity contribution in [2.75, 3.05) is 13.1 Å². The number of rotatable bonds is 5. The lowest BCUT2D eigenvalue weighted by molar-refractivity contribution is -0.124. The van der Waals surface area contributed by atoms with Crippen LogP contribution in [0.2, 0.25) is 0 Å². The number of hydrogen-bond acceptors (Lipinski definition) is 3. The van der Waals surface area contributed by atoms with E-state index in [2.05, 4.69) is 10.3 Å². The Morgan fingerprint density at radius 3 is 2.89 bits per heavy atom. The maximum absolute atomic E-state index is 12.1. The Hall–Kier alpha value is -1.34. The van der Waals surface area contributed by atoms with E-state index in [1.54, 1.807) is 23.7 Å². The third-order valence-corrected chi connectivity index (χ3v) is 3.52. The standard InChI is InChI=1S/C12H14F3N3S/c1-9(7-16-8-12(13,14)15)18-5-4-17-11(18)10-3-2-6-19-10/h2-6,9,16H,7-8H2,1H3. The molecule has 2 heterocycles. The molecule has 19 heavy (non-hydrogen) atoms. The van der Waals surface area contributed by atoms with Crippen molar-refractivity contribution in [1.29, 1.82) is 0 Å². The lowest BCUT2D eigenvalue weighted by Crippen LogP contribution is -2.32. The van der Waals surface area contributed by atoms with E-state index in [0.29, 0.717) is 0 Å². The molecular formula is C12H14F3N3S. The Morgan fingerprint density at radius 2 is 2.26 bits per heavy atom. The van der Waals surface area contributed by atoms with E-state index in [1.807, 2.05) is 29.0 Å². The van der Waals surface area contributed by atoms with Crippen LogP contribution in [0.25, 0.3) is 10.7 Å². The average Bonchev–Trinajstić information content (AvgIpc) is 2.97. The Morgan fingerprint density at radius 1 is 1.47 bits per heavy atom. The number of halogens is 3. The van der Waals surface area contributed by atoms with Gasteiger partial charge in [0.25, 0.3) is 0 Å². The van der Waals surface area contributed by atoms with E-state index >= 15 is 0 Å². The van der Waals surface area contributed by atoms with E-state index in [4.69, 9.17) is 0 Å². The molecule has 0 amide bonds. The molecule has 0 spiro atoms. The maximum atomic E-state index is 12.1. The predicted molar refractivity (Wildman–Crippen MR) is 69.2 cm³/mol. The summed E-state index contributed by atoms with van der Waals surface area (Å²) in [6.07, 6.45) is -0.727. The molecule has 0 aliphatic rings. The Labute approximate surface area is 113 Å². The van der Waals surface area contributed by atoms with E-state index in [1.165, 1.54) is 0 Å². The number of thiophene rings is 1. The molecule has 0 radical (unpaired) electrons. The van der Waals surface area contributed by atoms with Crippen molar-refractivity contribution in [3.63, 3.8) is 0 Å². The van der Waals surface area contributed by atoms with Crippen LogP contribution in [0, 0.1) is 0 Å². The van der Waals surface area contributed by atoms with Crippen LogP contribution >= 0.6 is 11.3 Å². The van der Waals surface area contributed by atoms with Gasteiger partial charge in [-0.15, -0.1) is 11.3 Å². The van der Waals surface area contributed by atoms with Crippen LogP contribution in [0.1, 0.15) is 13.0 Å². The summed E-state index contributed by atoms with van der Waals surface area (Å²) in [7, 11) is 0. The number of nitrogens with zero attached hydrogens (tertiary/aromatic N) is 2. The van der Waals surface area contributed by atoms with Gasteiger partial charge in [0.15, 0.2) is 0 Å². The van der Waals surface area contributed by atoms with Gasteiger partial charge in [0.2, 0.25) is 0 Å². The second-order valence-corrected chi connectivity index (χ2v) is 5.18. The van der Waals surface area contributed by atoms with Gasteiger partial charge in [-0.05, 0) is 18.4 Å². The van der Waals surface area contributed by atoms with E-state index in [0.717, 1.165) is 10.7 Å². The highest BCUT2D eigenvalue weighted by Crippen LogP contribution is 2.25. The van der Waals surface area contributed by atoms with Gasteiger partial charge in [-0.2, -0.15) is 13.2 Å². The number of nitrogens with one attached hydrogen (secondary N) is 1. The smallest absolute Gasteiger partial charge is 0.326 e. The van der Waals surface area contributed by atoms with Crippen LogP contribution in [0.15, 0.2) is 29.9 Å². The molecular weight excluding hydrogens is 275 g/mol. The van der Waals surface area contributed by atoms with Crippen molar-refractivity contribution in [1.82, 2.24) is 14.9 Å². The summed E-state index contributed by atoms with van der Waals surface area (Å²) in [4.78, 5) is 5.27. The van der Waals surface area contributed by atoms with Gasteiger partial charge in [0.05, 0.1) is 11.4 Å². The van der Waals surface area contributed by atoms with Crippen molar-refractivity contribution < 1.29 is 13.2 Å². The molecule has 2 aromatic rings. The summed E-state index contributed by atoms with van der Waals surface area (Å²) >= 11 is 1.56. The summed E-state index contributed by atoms with van der Waals surface area (Å²) in [6.45, 7) is 1.14. The molecule has 2 rings (SSSR count). The van der Waals surface area contributed by atoms with E-state index < -0.39 is 12.7 Å². The number of imidazole rings is 1. The Kier molecular flexibility index (Phi) is 4.26. The minimum Gasteiger partial charge on any atom is -0.326 e. The quantitative estimate of drug-likeness (QED) is 0.915. The van der Waals surface area contributed by atoms with Crippen molar-refractivity contribution in [3.05, 3.63) is 29.9 Å². The lowest BCUT2D eigenvalue weighted by Gasteiger charge is -2.17. The van der Waals surface area contributed by atoms with Gasteiger partial charge in [0.1, 0.15) is 5.82 Å². The predicted octanol–water partition coefficient (Wildman–Crippen LogP) is 3.32. The third-order valence-electron chi connectivity index (χ3n) is 2.65. The molecule has 1 N–H and O–H groups in total. The van der Waals surface area contributed by atoms with Crippen LogP contribution in [0.4, 0.5) is 13.2 Å². The van der Waals surface area contributed by atoms with Crippen LogP contribution in [0.5, 0.6) is 0 Å². The van der Waals surface area contributed by atoms with Crippen molar-refractivity contribution in [2.24, 2.45) is 0 Å². The number of aromatic nitrogens is 2. The summed E-state index contributed by atoms with van der Waals surface area (Å²) in [5, 5.41) is 4.36. The summed E-state index contributed by atoms with van der Waals surface area (Å²) < 4.78 is 38.1. The minimum atomic E-state index is -4.18. The summed E-state index contributed by atoms with van der Waals surface area (Å²) in [5.74, 6) is 0.788. The maximum Gasteiger partial charge on any atom is 0.401 e. The van der Waals surface area contributed by atoms with Crippen LogP contribution in [-0.4, -0.2) is 28.8 Å². The molecule has 3 nitrogen and oxygen atoms in total. The second-order valence-electron chi connectivity index (χ2n) is 4.23. The van der Waals surface area contributed by atoms with Crippen LogP contribution < -0.4 is 5.32 Å². The van der Waals surface area contributed by atoms with Crippen LogP contribution in [-0.2, 0) is 0 Å². The van der Waals surface area contributed by atoms with Crippen molar-refractivity contribution in [2.45, 2.75) is 19.1 Å². The fourth-order valence-corrected chi connectivity index (χ4v) is 2.51. The first-order valence-electron chi connectivity index (χ1n) is 5.81. The molecule has 0 aliphatic carbocycles. The Balaban J connectivity index is 2.00. The second kappa shape index (κ2) is 5.75. The van der Waals surface area contributed by atoms with Gasteiger partial charge >= 0.3 is 6.18 Å². The first-order chi connectivity index (χ1) is 8.97. The Bertz CT molecular complexity index is 505. The SMILES string of the molecule is CC(CNCC(F)(F)F)n1ccnc1-c1cccs1. The lowest BCUT2D eigenvalue weighted by atomic mass is 10.3. The zero-order valence-electron chi connectivity index (χ0n) is 10.3. The average molecular weight is 289 g/mol. The highest BCUT2D eigenvalue weighted by molar-refractivity contribution is 7.13. The van der Waals surface area contributed by atoms with Crippen molar-refractivity contribution in [3.8, 4) is 10.7 Å². The first-order valence-corrected chi connectivity index (χ1v) is 6.69. The zero-order valence-corrected chi connectivity index (χ0v) is 11.1. The van der Waals surface area contributed by atoms with Crippen molar-refractivity contribution >= 4 is 11.3 Å². The summed E-state index contributed by atoms with van der Waals surface area (Å²) in [5.41, 5.74) is 0. The van der Waals surface area contributed by atoms with E-state index in [9.17, 15) is 13.2 Å². The molecule has 0 saturated heterocycles. The van der Waals surface area contributed by atoms with Gasteiger partial charge in [-0.3, -0.25) is 0 Å². The molecule has 104 valence electrons. The molecule has 0 aliphatic heterocycles. The summed E-state index contributed by atoms with van der Waals surface area (Å²) in [6, 6.07) is 3.77. The first kappa shape index (κ1) is 14.1. The zero-order chi connectivity index (χ0) is 13.9. The molecule has 0 bridgehead atoms. The van der Waals surface area contributed by atoms with Gasteiger partial charge in [-0.25, -0.2) is 4.98 Å². The largest absolute Gasteiger partial charge is 0.401 e. The van der Waals surface area contributed by atoms with Gasteiger partial charge < -0.3 is 9.88 Å². The highest BCUT2D eigenvalue weighted by atomic mass is 32.1. The van der Waals surface area contributed by atoms with Crippen LogP contribution in [0.3, 0.4) is 0 Å². The molecule has 0 aromatic carbocycles. The fraction of sp³-hybridized carbons (Fsp3) is 0.417. The molecule has 1 atom stereocenters. The topological polar surface area (TPSA) is 29.9 Å². The number of hydrogen-bond donors (Lipinski definition) is 1. The molecule has 7 heteroatoms. The monoisotopic (exact) mass is 289 g/mol. The van der Waals surface area contributed by atoms with E-state index in [-0.39, 0.29) is 12.6 Å². The molecule has 0 fully saturated rings. The third kappa shape index (κ3) is 3.81.